The molecule has 0 aromatic heterocycles. The van der Waals surface area contributed by atoms with Crippen molar-refractivity contribution >= 4 is 12.3 Å². The summed E-state index contributed by atoms with van der Waals surface area (Å²) in [4.78, 5) is 38.7. The molecule has 0 aromatic rings. The molecule has 0 aliphatic rings. The van der Waals surface area contributed by atoms with Gasteiger partial charge in [0.05, 0.1) is 11.7 Å². The van der Waals surface area contributed by atoms with Gasteiger partial charge in [0.1, 0.15) is 6.29 Å². The molecule has 0 saturated carbocycles. The molecule has 0 aromatic carbocycles. The van der Waals surface area contributed by atoms with Gasteiger partial charge in [0.2, 0.25) is 0 Å². The van der Waals surface area contributed by atoms with Crippen molar-refractivity contribution in [1.82, 2.24) is 5.01 Å². The van der Waals surface area contributed by atoms with Gasteiger partial charge >= 0.3 is 5.97 Å². The fraction of sp³-hybridized carbons (Fsp3) is 0.667. The van der Waals surface area contributed by atoms with Crippen LogP contribution in [0, 0.1) is 4.91 Å². The molecule has 0 amide bonds. The molecule has 0 aliphatic heterocycles. The minimum atomic E-state index is -0.661. The van der Waals surface area contributed by atoms with Gasteiger partial charge in [0, 0.05) is 13.5 Å². The number of nitrogens with zero attached hydrogens (tertiary/aromatic N) is 2. The van der Waals surface area contributed by atoms with Crippen molar-refractivity contribution in [1.29, 1.82) is 0 Å². The number of aldehydes is 1. The number of hydrogen-bond donors (Lipinski definition) is 0. The van der Waals surface area contributed by atoms with Crippen LogP contribution >= 0.6 is 0 Å². The smallest absolute Gasteiger partial charge is 0.303 e. The fourth-order valence-corrected chi connectivity index (χ4v) is 0.410. The maximum atomic E-state index is 10.6. The van der Waals surface area contributed by atoms with Gasteiger partial charge in [-0.1, -0.05) is 0 Å². The third-order valence-corrected chi connectivity index (χ3v) is 0.997. The molecule has 0 radical (unpaired) electrons. The van der Waals surface area contributed by atoms with Gasteiger partial charge in [-0.25, -0.2) is 9.80 Å². The lowest BCUT2D eigenvalue weighted by Crippen LogP contribution is -2.17. The highest BCUT2D eigenvalue weighted by Gasteiger charge is 2.03. The normalized spacial score (nSPS) is 9.00. The van der Waals surface area contributed by atoms with E-state index in [-0.39, 0.29) is 19.6 Å². The molecule has 0 atom stereocenters. The zero-order valence-corrected chi connectivity index (χ0v) is 7.13. The van der Waals surface area contributed by atoms with E-state index in [0.717, 1.165) is 5.01 Å². The van der Waals surface area contributed by atoms with Crippen molar-refractivity contribution in [3.8, 4) is 0 Å². The lowest BCUT2D eigenvalue weighted by atomic mass is 10.3. The molecule has 13 heavy (non-hydrogen) atoms. The number of hydrogen-bond acceptors (Lipinski definition) is 6. The van der Waals surface area contributed by atoms with Crippen LogP contribution in [-0.2, 0) is 19.4 Å². The maximum absolute atomic E-state index is 10.6. The van der Waals surface area contributed by atoms with E-state index in [4.69, 9.17) is 0 Å². The predicted octanol–water partition coefficient (Wildman–Crippen LogP) is 0.0110. The Bertz CT molecular complexity index is 184. The molecule has 74 valence electrons. The monoisotopic (exact) mass is 190 g/mol. The Morgan fingerprint density at radius 1 is 1.62 bits per heavy atom. The molecule has 0 heterocycles. The van der Waals surface area contributed by atoms with Crippen LogP contribution < -0.4 is 0 Å². The standard InChI is InChI=1S/C6H10N2O5/c1-8(7-11)5-12-13-6(10)3-2-4-9/h4H,2-3,5H2,1H3. The lowest BCUT2D eigenvalue weighted by Gasteiger charge is -2.06. The van der Waals surface area contributed by atoms with E-state index >= 15 is 0 Å². The SMILES string of the molecule is CN(COOC(=O)CCC=O)N=O. The Kier molecular flexibility index (Phi) is 6.34. The first kappa shape index (κ1) is 11.5. The molecule has 0 spiro atoms. The van der Waals surface area contributed by atoms with Crippen molar-refractivity contribution < 1.29 is 19.4 Å². The molecule has 7 nitrogen and oxygen atoms in total. The number of nitroso groups, excluding NO2 is 1. The van der Waals surface area contributed by atoms with E-state index in [1.807, 2.05) is 0 Å². The first-order chi connectivity index (χ1) is 6.20. The summed E-state index contributed by atoms with van der Waals surface area (Å²) in [5, 5.41) is 3.35. The number of rotatable bonds is 7. The molecular formula is C6H10N2O5. The first-order valence-electron chi connectivity index (χ1n) is 3.51. The van der Waals surface area contributed by atoms with Crippen LogP contribution in [0.5, 0.6) is 0 Å². The van der Waals surface area contributed by atoms with Crippen molar-refractivity contribution in [2.45, 2.75) is 12.8 Å². The molecule has 0 N–H and O–H groups in total. The lowest BCUT2D eigenvalue weighted by molar-refractivity contribution is -0.289. The summed E-state index contributed by atoms with van der Waals surface area (Å²) in [6.45, 7) is -0.240. The van der Waals surface area contributed by atoms with Crippen molar-refractivity contribution in [2.75, 3.05) is 13.8 Å². The summed E-state index contributed by atoms with van der Waals surface area (Å²) >= 11 is 0. The highest BCUT2D eigenvalue weighted by atomic mass is 17.2. The first-order valence-corrected chi connectivity index (χ1v) is 3.51. The van der Waals surface area contributed by atoms with Crippen LogP contribution in [0.4, 0.5) is 0 Å². The number of carbonyl (C=O) groups is 2. The minimum Gasteiger partial charge on any atom is -0.303 e. The van der Waals surface area contributed by atoms with Gasteiger partial charge in [0.25, 0.3) is 0 Å². The molecule has 0 aliphatic carbocycles. The molecule has 0 bridgehead atoms. The zero-order chi connectivity index (χ0) is 10.1. The summed E-state index contributed by atoms with van der Waals surface area (Å²) in [6.07, 6.45) is 0.645. The Morgan fingerprint density at radius 3 is 2.85 bits per heavy atom. The van der Waals surface area contributed by atoms with E-state index < -0.39 is 5.97 Å². The van der Waals surface area contributed by atoms with Crippen LogP contribution in [0.3, 0.4) is 0 Å². The third-order valence-electron chi connectivity index (χ3n) is 0.997. The van der Waals surface area contributed by atoms with Gasteiger partial charge in [-0.05, 0) is 0 Å². The van der Waals surface area contributed by atoms with E-state index in [1.165, 1.54) is 7.05 Å². The third kappa shape index (κ3) is 6.88. The van der Waals surface area contributed by atoms with Crippen molar-refractivity contribution in [2.24, 2.45) is 5.29 Å². The average Bonchev–Trinajstić information content (AvgIpc) is 2.14. The van der Waals surface area contributed by atoms with Crippen LogP contribution in [0.2, 0.25) is 0 Å². The minimum absolute atomic E-state index is 0.0399. The second kappa shape index (κ2) is 7.17. The van der Waals surface area contributed by atoms with Crippen molar-refractivity contribution in [3.63, 3.8) is 0 Å². The maximum Gasteiger partial charge on any atom is 0.342 e. The van der Waals surface area contributed by atoms with Crippen LogP contribution in [-0.4, -0.2) is 31.0 Å². The fourth-order valence-electron chi connectivity index (χ4n) is 0.410. The Labute approximate surface area is 74.5 Å². The van der Waals surface area contributed by atoms with E-state index in [2.05, 4.69) is 15.1 Å². The van der Waals surface area contributed by atoms with Gasteiger partial charge in [-0.3, -0.25) is 4.89 Å². The Hall–Kier alpha value is -1.50. The second-order valence-electron chi connectivity index (χ2n) is 2.15. The highest BCUT2D eigenvalue weighted by molar-refractivity contribution is 5.71. The zero-order valence-electron chi connectivity index (χ0n) is 7.13. The molecule has 0 fully saturated rings. The van der Waals surface area contributed by atoms with Crippen LogP contribution in [0.1, 0.15) is 12.8 Å². The van der Waals surface area contributed by atoms with Gasteiger partial charge in [-0.2, -0.15) is 4.89 Å². The van der Waals surface area contributed by atoms with Gasteiger partial charge in [-0.15, -0.1) is 4.91 Å². The van der Waals surface area contributed by atoms with E-state index in [9.17, 15) is 14.5 Å². The number of carbonyl (C=O) groups excluding carboxylic acids is 2. The second-order valence-corrected chi connectivity index (χ2v) is 2.15. The molecular weight excluding hydrogens is 180 g/mol. The average molecular weight is 190 g/mol. The molecule has 0 rings (SSSR count). The van der Waals surface area contributed by atoms with Crippen LogP contribution in [0.25, 0.3) is 0 Å². The Morgan fingerprint density at radius 2 is 2.31 bits per heavy atom. The van der Waals surface area contributed by atoms with Gasteiger partial charge in [0.15, 0.2) is 6.73 Å². The van der Waals surface area contributed by atoms with E-state index in [0.29, 0.717) is 6.29 Å². The van der Waals surface area contributed by atoms with Gasteiger partial charge < -0.3 is 4.79 Å². The molecule has 0 saturated heterocycles. The summed E-state index contributed by atoms with van der Waals surface area (Å²) in [6, 6.07) is 0. The van der Waals surface area contributed by atoms with Crippen LogP contribution in [0.15, 0.2) is 5.29 Å². The Balaban J connectivity index is 3.36. The topological polar surface area (TPSA) is 85.3 Å². The summed E-state index contributed by atoms with van der Waals surface area (Å²) in [7, 11) is 1.35. The largest absolute Gasteiger partial charge is 0.342 e. The van der Waals surface area contributed by atoms with E-state index in [1.54, 1.807) is 0 Å². The van der Waals surface area contributed by atoms with Crippen molar-refractivity contribution in [3.05, 3.63) is 4.91 Å². The predicted molar refractivity (Wildman–Crippen MR) is 40.9 cm³/mol. The molecule has 0 unspecified atom stereocenters. The summed E-state index contributed by atoms with van der Waals surface area (Å²) in [5.74, 6) is -0.661. The molecule has 7 heteroatoms. The summed E-state index contributed by atoms with van der Waals surface area (Å²) < 4.78 is 0. The highest BCUT2D eigenvalue weighted by Crippen LogP contribution is 1.92. The summed E-state index contributed by atoms with van der Waals surface area (Å²) in [5.41, 5.74) is 0. The quantitative estimate of drug-likeness (QED) is 0.185.